The lowest BCUT2D eigenvalue weighted by molar-refractivity contribution is 1.06. The molecule has 1 aromatic rings. The van der Waals surface area contributed by atoms with E-state index < -0.39 is 0 Å². The zero-order valence-electron chi connectivity index (χ0n) is 6.97. The minimum Gasteiger partial charge on any atom is -0.317 e. The minimum absolute atomic E-state index is 0.558. The van der Waals surface area contributed by atoms with Gasteiger partial charge in [-0.3, -0.25) is 0 Å². The Balaban J connectivity index is 2.81. The average Bonchev–Trinajstić information content (AvgIpc) is 2.03. The van der Waals surface area contributed by atoms with Gasteiger partial charge >= 0.3 is 0 Å². The highest BCUT2D eigenvalue weighted by atomic mass is 35.5. The SMILES string of the molecule is [C-]#[N+]CCc1ccc(Cl)cc1C. The van der Waals surface area contributed by atoms with Gasteiger partial charge in [-0.25, -0.2) is 6.57 Å². The molecule has 0 radical (unpaired) electrons. The summed E-state index contributed by atoms with van der Waals surface area (Å²) in [5, 5.41) is 0.763. The van der Waals surface area contributed by atoms with Gasteiger partial charge in [0.1, 0.15) is 0 Å². The molecule has 1 rings (SSSR count). The number of benzene rings is 1. The second-order valence-corrected chi connectivity index (χ2v) is 3.14. The monoisotopic (exact) mass is 179 g/mol. The number of hydrogen-bond acceptors (Lipinski definition) is 0. The molecule has 0 unspecified atom stereocenters. The smallest absolute Gasteiger partial charge is 0.218 e. The summed E-state index contributed by atoms with van der Waals surface area (Å²) in [6.07, 6.45) is 0.826. The molecule has 0 heterocycles. The fourth-order valence-electron chi connectivity index (χ4n) is 1.12. The van der Waals surface area contributed by atoms with Crippen LogP contribution >= 0.6 is 11.6 Å². The van der Waals surface area contributed by atoms with Gasteiger partial charge in [-0.15, -0.1) is 0 Å². The van der Waals surface area contributed by atoms with Gasteiger partial charge in [0.05, 0.1) is 0 Å². The fraction of sp³-hybridized carbons (Fsp3) is 0.300. The first kappa shape index (κ1) is 9.09. The van der Waals surface area contributed by atoms with Crippen molar-refractivity contribution in [2.45, 2.75) is 13.3 Å². The quantitative estimate of drug-likeness (QED) is 0.615. The molecule has 0 bridgehead atoms. The van der Waals surface area contributed by atoms with Gasteiger partial charge in [0.25, 0.3) is 0 Å². The zero-order chi connectivity index (χ0) is 8.97. The Morgan fingerprint density at radius 3 is 2.83 bits per heavy atom. The van der Waals surface area contributed by atoms with E-state index in [9.17, 15) is 0 Å². The van der Waals surface area contributed by atoms with E-state index in [-0.39, 0.29) is 0 Å². The van der Waals surface area contributed by atoms with Crippen molar-refractivity contribution in [2.24, 2.45) is 0 Å². The Bertz CT molecular complexity index is 312. The topological polar surface area (TPSA) is 4.36 Å². The third-order valence-corrected chi connectivity index (χ3v) is 2.03. The fourth-order valence-corrected chi connectivity index (χ4v) is 1.34. The highest BCUT2D eigenvalue weighted by molar-refractivity contribution is 6.30. The molecule has 2 heteroatoms. The third kappa shape index (κ3) is 2.25. The lowest BCUT2D eigenvalue weighted by atomic mass is 10.1. The summed E-state index contributed by atoms with van der Waals surface area (Å²) >= 11 is 5.79. The van der Waals surface area contributed by atoms with Crippen LogP contribution in [0.15, 0.2) is 18.2 Å². The molecule has 0 amide bonds. The average molecular weight is 180 g/mol. The van der Waals surface area contributed by atoms with Crippen molar-refractivity contribution in [1.29, 1.82) is 0 Å². The maximum atomic E-state index is 6.66. The molecule has 0 saturated carbocycles. The van der Waals surface area contributed by atoms with E-state index in [4.69, 9.17) is 18.2 Å². The van der Waals surface area contributed by atoms with Crippen molar-refractivity contribution in [3.63, 3.8) is 0 Å². The lowest BCUT2D eigenvalue weighted by Gasteiger charge is -2.01. The number of rotatable bonds is 2. The van der Waals surface area contributed by atoms with Crippen molar-refractivity contribution < 1.29 is 0 Å². The normalized spacial score (nSPS) is 9.42. The maximum absolute atomic E-state index is 6.66. The third-order valence-electron chi connectivity index (χ3n) is 1.80. The first-order valence-electron chi connectivity index (χ1n) is 3.82. The van der Waals surface area contributed by atoms with E-state index >= 15 is 0 Å². The van der Waals surface area contributed by atoms with Crippen LogP contribution in [0.25, 0.3) is 4.85 Å². The number of hydrogen-bond donors (Lipinski definition) is 0. The summed E-state index contributed by atoms with van der Waals surface area (Å²) in [6.45, 7) is 9.24. The van der Waals surface area contributed by atoms with Gasteiger partial charge in [0, 0.05) is 11.4 Å². The Morgan fingerprint density at radius 1 is 1.50 bits per heavy atom. The molecule has 0 aliphatic heterocycles. The van der Waals surface area contributed by atoms with Crippen LogP contribution in [0.1, 0.15) is 11.1 Å². The molecular formula is C10H10ClN. The van der Waals surface area contributed by atoms with E-state index in [0.29, 0.717) is 6.54 Å². The zero-order valence-corrected chi connectivity index (χ0v) is 7.73. The van der Waals surface area contributed by atoms with Gasteiger partial charge < -0.3 is 4.85 Å². The second-order valence-electron chi connectivity index (χ2n) is 2.70. The lowest BCUT2D eigenvalue weighted by Crippen LogP contribution is -1.91. The predicted molar refractivity (Wildman–Crippen MR) is 51.4 cm³/mol. The van der Waals surface area contributed by atoms with Crippen LogP contribution in [0.5, 0.6) is 0 Å². The largest absolute Gasteiger partial charge is 0.317 e. The molecule has 0 N–H and O–H groups in total. The molecule has 0 atom stereocenters. The molecule has 12 heavy (non-hydrogen) atoms. The summed E-state index contributed by atoms with van der Waals surface area (Å²) < 4.78 is 0. The highest BCUT2D eigenvalue weighted by Gasteiger charge is 1.99. The summed E-state index contributed by atoms with van der Waals surface area (Å²) in [5.41, 5.74) is 2.39. The number of aryl methyl sites for hydroxylation is 1. The first-order valence-corrected chi connectivity index (χ1v) is 4.20. The van der Waals surface area contributed by atoms with Gasteiger partial charge in [-0.05, 0) is 30.2 Å². The van der Waals surface area contributed by atoms with E-state index in [0.717, 1.165) is 11.4 Å². The summed E-state index contributed by atoms with van der Waals surface area (Å²) in [6, 6.07) is 5.79. The van der Waals surface area contributed by atoms with E-state index in [2.05, 4.69) is 4.85 Å². The van der Waals surface area contributed by atoms with Crippen molar-refractivity contribution in [3.8, 4) is 0 Å². The molecule has 0 aliphatic carbocycles. The molecule has 0 aromatic heterocycles. The Kier molecular flexibility index (Phi) is 3.13. The van der Waals surface area contributed by atoms with E-state index in [1.807, 2.05) is 25.1 Å². The van der Waals surface area contributed by atoms with Crippen LogP contribution in [0.3, 0.4) is 0 Å². The molecular weight excluding hydrogens is 170 g/mol. The number of halogens is 1. The van der Waals surface area contributed by atoms with Gasteiger partial charge in [-0.1, -0.05) is 17.7 Å². The second kappa shape index (κ2) is 4.13. The van der Waals surface area contributed by atoms with E-state index in [1.165, 1.54) is 11.1 Å². The van der Waals surface area contributed by atoms with Crippen molar-refractivity contribution in [3.05, 3.63) is 45.8 Å². The molecule has 0 saturated heterocycles. The van der Waals surface area contributed by atoms with Crippen LogP contribution in [0.2, 0.25) is 5.02 Å². The molecule has 0 fully saturated rings. The molecule has 1 nitrogen and oxygen atoms in total. The molecule has 0 aliphatic rings. The standard InChI is InChI=1S/C10H10ClN/c1-8-7-10(11)4-3-9(8)5-6-12-2/h3-4,7H,5-6H2,1H3. The summed E-state index contributed by atoms with van der Waals surface area (Å²) in [4.78, 5) is 3.31. The van der Waals surface area contributed by atoms with Gasteiger partial charge in [0.15, 0.2) is 0 Å². The van der Waals surface area contributed by atoms with Crippen LogP contribution < -0.4 is 0 Å². The first-order chi connectivity index (χ1) is 5.74. The van der Waals surface area contributed by atoms with Crippen LogP contribution in [-0.4, -0.2) is 6.54 Å². The molecule has 1 aromatic carbocycles. The summed E-state index contributed by atoms with van der Waals surface area (Å²) in [5.74, 6) is 0. The van der Waals surface area contributed by atoms with Crippen LogP contribution in [0, 0.1) is 13.5 Å². The van der Waals surface area contributed by atoms with Crippen LogP contribution in [-0.2, 0) is 6.42 Å². The van der Waals surface area contributed by atoms with Crippen LogP contribution in [0.4, 0.5) is 0 Å². The summed E-state index contributed by atoms with van der Waals surface area (Å²) in [7, 11) is 0. The van der Waals surface area contributed by atoms with Crippen molar-refractivity contribution in [2.75, 3.05) is 6.54 Å². The molecule has 0 spiro atoms. The predicted octanol–water partition coefficient (Wildman–Crippen LogP) is 3.11. The Hall–Kier alpha value is -1.00. The maximum Gasteiger partial charge on any atom is 0.218 e. The van der Waals surface area contributed by atoms with E-state index in [1.54, 1.807) is 0 Å². The molecule has 62 valence electrons. The van der Waals surface area contributed by atoms with Crippen molar-refractivity contribution in [1.82, 2.24) is 0 Å². The number of nitrogens with zero attached hydrogens (tertiary/aromatic N) is 1. The van der Waals surface area contributed by atoms with Gasteiger partial charge in [-0.2, -0.15) is 0 Å². The highest BCUT2D eigenvalue weighted by Crippen LogP contribution is 2.15. The Morgan fingerprint density at radius 2 is 2.25 bits per heavy atom. The minimum atomic E-state index is 0.558. The van der Waals surface area contributed by atoms with Crippen molar-refractivity contribution >= 4 is 11.6 Å². The Labute approximate surface area is 77.8 Å². The van der Waals surface area contributed by atoms with Gasteiger partial charge in [0.2, 0.25) is 6.54 Å².